The van der Waals surface area contributed by atoms with E-state index in [9.17, 15) is 4.79 Å². The molecule has 0 aromatic heterocycles. The number of rotatable bonds is 6. The van der Waals surface area contributed by atoms with Crippen molar-refractivity contribution in [2.45, 2.75) is 0 Å². The van der Waals surface area contributed by atoms with Crippen LogP contribution in [0.25, 0.3) is 3.62 Å². The molecule has 0 heterocycles. The number of benzene rings is 3. The van der Waals surface area contributed by atoms with Gasteiger partial charge < -0.3 is 0 Å². The second kappa shape index (κ2) is 9.22. The zero-order valence-electron chi connectivity index (χ0n) is 13.0. The Bertz CT molecular complexity index is 812. The standard InChI is InChI=1S/C21H16OTe2/c22-21(24-19-14-8-3-9-15-19)16-20(17-10-4-1-5-11-17)23-18-12-6-2-7-13-18/h1-16H/b20-16-. The van der Waals surface area contributed by atoms with E-state index in [0.29, 0.717) is 3.83 Å². The zero-order chi connectivity index (χ0) is 16.6. The Labute approximate surface area is 163 Å². The van der Waals surface area contributed by atoms with Gasteiger partial charge in [0.15, 0.2) is 0 Å². The van der Waals surface area contributed by atoms with Gasteiger partial charge in [-0.15, -0.1) is 0 Å². The first-order valence-electron chi connectivity index (χ1n) is 7.58. The van der Waals surface area contributed by atoms with Gasteiger partial charge in [-0.3, -0.25) is 0 Å². The van der Waals surface area contributed by atoms with E-state index in [0.717, 1.165) is 0 Å². The van der Waals surface area contributed by atoms with E-state index < -0.39 is 41.8 Å². The third kappa shape index (κ3) is 5.34. The molecule has 0 aliphatic heterocycles. The van der Waals surface area contributed by atoms with Gasteiger partial charge in [0, 0.05) is 0 Å². The first kappa shape index (κ1) is 17.5. The van der Waals surface area contributed by atoms with Crippen molar-refractivity contribution in [2.24, 2.45) is 0 Å². The number of hydrogen-bond donors (Lipinski definition) is 0. The molecule has 3 heteroatoms. The SMILES string of the molecule is O=C(/C=C(\[Te]c1ccccc1)c1ccccc1)[Te]c1ccccc1. The summed E-state index contributed by atoms with van der Waals surface area (Å²) in [7, 11) is 0. The fraction of sp³-hybridized carbons (Fsp3) is 0. The Morgan fingerprint density at radius 2 is 1.08 bits per heavy atom. The van der Waals surface area contributed by atoms with E-state index in [4.69, 9.17) is 0 Å². The van der Waals surface area contributed by atoms with Gasteiger partial charge in [-0.1, -0.05) is 0 Å². The van der Waals surface area contributed by atoms with Crippen LogP contribution in [-0.2, 0) is 4.79 Å². The van der Waals surface area contributed by atoms with Gasteiger partial charge in [-0.25, -0.2) is 0 Å². The summed E-state index contributed by atoms with van der Waals surface area (Å²) in [5, 5.41) is 0. The van der Waals surface area contributed by atoms with Gasteiger partial charge in [0.05, 0.1) is 0 Å². The Balaban J connectivity index is 1.85. The van der Waals surface area contributed by atoms with Crippen LogP contribution in [0.15, 0.2) is 97.1 Å². The van der Waals surface area contributed by atoms with Crippen LogP contribution in [0.3, 0.4) is 0 Å². The average Bonchev–Trinajstić information content (AvgIpc) is 2.63. The van der Waals surface area contributed by atoms with Crippen LogP contribution in [0.4, 0.5) is 0 Å². The van der Waals surface area contributed by atoms with Crippen molar-refractivity contribution in [3.63, 3.8) is 0 Å². The summed E-state index contributed by atoms with van der Waals surface area (Å²) >= 11 is -1.40. The summed E-state index contributed by atoms with van der Waals surface area (Å²) in [6.45, 7) is 0. The van der Waals surface area contributed by atoms with Crippen molar-refractivity contribution in [3.8, 4) is 0 Å². The number of carbonyl (C=O) groups excluding carboxylic acids is 1. The van der Waals surface area contributed by atoms with Gasteiger partial charge >= 0.3 is 164 Å². The summed E-state index contributed by atoms with van der Waals surface area (Å²) in [4.78, 5) is 12.6. The molecule has 1 nitrogen and oxygen atoms in total. The summed E-state index contributed by atoms with van der Waals surface area (Å²) < 4.78 is 4.06. The zero-order valence-corrected chi connectivity index (χ0v) is 17.6. The summed E-state index contributed by atoms with van der Waals surface area (Å²) in [6, 6.07) is 31.0. The summed E-state index contributed by atoms with van der Waals surface area (Å²) in [5.41, 5.74) is 1.18. The molecule has 0 aliphatic rings. The van der Waals surface area contributed by atoms with E-state index in [1.165, 1.54) is 16.4 Å². The molecule has 0 saturated heterocycles. The van der Waals surface area contributed by atoms with E-state index in [1.54, 1.807) is 0 Å². The molecule has 0 spiro atoms. The molecule has 3 aromatic rings. The average molecular weight is 540 g/mol. The van der Waals surface area contributed by atoms with Crippen LogP contribution < -0.4 is 7.22 Å². The predicted molar refractivity (Wildman–Crippen MR) is 103 cm³/mol. The van der Waals surface area contributed by atoms with Crippen LogP contribution in [0.5, 0.6) is 0 Å². The Morgan fingerprint density at radius 1 is 0.625 bits per heavy atom. The molecule has 24 heavy (non-hydrogen) atoms. The molecular formula is C21H16OTe2. The molecule has 0 saturated carbocycles. The first-order valence-corrected chi connectivity index (χ1v) is 12.2. The van der Waals surface area contributed by atoms with E-state index in [2.05, 4.69) is 48.5 Å². The molecule has 0 amide bonds. The molecule has 0 atom stereocenters. The second-order valence-corrected chi connectivity index (χ2v) is 11.3. The third-order valence-electron chi connectivity index (χ3n) is 3.24. The molecule has 0 N–H and O–H groups in total. The predicted octanol–water partition coefficient (Wildman–Crippen LogP) is 2.61. The fourth-order valence-electron chi connectivity index (χ4n) is 2.13. The molecule has 0 unspecified atom stereocenters. The van der Waals surface area contributed by atoms with Crippen LogP contribution in [-0.4, -0.2) is 45.7 Å². The molecule has 3 rings (SSSR count). The number of carbonyl (C=O) groups is 1. The monoisotopic (exact) mass is 544 g/mol. The van der Waals surface area contributed by atoms with Crippen LogP contribution in [0.1, 0.15) is 5.56 Å². The van der Waals surface area contributed by atoms with Crippen LogP contribution in [0.2, 0.25) is 0 Å². The molecule has 0 fully saturated rings. The molecule has 0 bridgehead atoms. The van der Waals surface area contributed by atoms with Crippen LogP contribution in [0, 0.1) is 0 Å². The number of allylic oxidation sites excluding steroid dienone is 1. The van der Waals surface area contributed by atoms with Crippen molar-refractivity contribution in [1.29, 1.82) is 0 Å². The molecule has 3 aromatic carbocycles. The minimum absolute atomic E-state index is 0.298. The normalized spacial score (nSPS) is 11.2. The van der Waals surface area contributed by atoms with E-state index in [1.807, 2.05) is 48.5 Å². The fourth-order valence-corrected chi connectivity index (χ4v) is 7.62. The molecule has 0 radical (unpaired) electrons. The first-order chi connectivity index (χ1) is 11.8. The van der Waals surface area contributed by atoms with Crippen molar-refractivity contribution in [1.82, 2.24) is 0 Å². The Hall–Kier alpha value is -1.35. The molecule has 118 valence electrons. The third-order valence-corrected chi connectivity index (χ3v) is 8.69. The van der Waals surface area contributed by atoms with Crippen molar-refractivity contribution < 1.29 is 4.79 Å². The Morgan fingerprint density at radius 3 is 1.62 bits per heavy atom. The van der Waals surface area contributed by atoms with Crippen molar-refractivity contribution in [2.75, 3.05) is 0 Å². The van der Waals surface area contributed by atoms with Crippen molar-refractivity contribution >= 4 is 56.5 Å². The quantitative estimate of drug-likeness (QED) is 0.348. The topological polar surface area (TPSA) is 17.1 Å². The maximum absolute atomic E-state index is 12.6. The summed E-state index contributed by atoms with van der Waals surface area (Å²) in [5.74, 6) is 0. The summed E-state index contributed by atoms with van der Waals surface area (Å²) in [6.07, 6.45) is 1.92. The van der Waals surface area contributed by atoms with E-state index >= 15 is 0 Å². The van der Waals surface area contributed by atoms with Gasteiger partial charge in [0.1, 0.15) is 0 Å². The second-order valence-electron chi connectivity index (χ2n) is 5.02. The molecular weight excluding hydrogens is 523 g/mol. The van der Waals surface area contributed by atoms with Gasteiger partial charge in [0.2, 0.25) is 0 Å². The van der Waals surface area contributed by atoms with E-state index in [-0.39, 0.29) is 0 Å². The Kier molecular flexibility index (Phi) is 6.71. The number of hydrogen-bond acceptors (Lipinski definition) is 1. The van der Waals surface area contributed by atoms with Gasteiger partial charge in [0.25, 0.3) is 0 Å². The minimum atomic E-state index is -0.830. The van der Waals surface area contributed by atoms with Crippen molar-refractivity contribution in [3.05, 3.63) is 103 Å². The molecule has 0 aliphatic carbocycles. The van der Waals surface area contributed by atoms with Gasteiger partial charge in [-0.05, 0) is 0 Å². The maximum atomic E-state index is 12.6. The van der Waals surface area contributed by atoms with Crippen LogP contribution >= 0.6 is 0 Å². The van der Waals surface area contributed by atoms with Gasteiger partial charge in [-0.2, -0.15) is 0 Å².